The maximum atomic E-state index is 12.7. The Morgan fingerprint density at radius 2 is 1.53 bits per heavy atom. The van der Waals surface area contributed by atoms with Crippen LogP contribution < -0.4 is 11.1 Å². The van der Waals surface area contributed by atoms with Gasteiger partial charge in [0.15, 0.2) is 0 Å². The first kappa shape index (κ1) is 23.1. The summed E-state index contributed by atoms with van der Waals surface area (Å²) in [6.07, 6.45) is -4.41. The number of amides is 1. The van der Waals surface area contributed by atoms with Crippen LogP contribution in [0.1, 0.15) is 21.5 Å². The van der Waals surface area contributed by atoms with Crippen molar-refractivity contribution >= 4 is 29.2 Å². The second kappa shape index (κ2) is 9.32. The number of alkyl halides is 3. The molecule has 0 saturated heterocycles. The molecule has 1 unspecified atom stereocenters. The van der Waals surface area contributed by atoms with Crippen molar-refractivity contribution in [3.05, 3.63) is 88.4 Å². The molecule has 0 aliphatic carbocycles. The third-order valence-corrected chi connectivity index (χ3v) is 5.04. The number of carboxylic acid groups (broad SMARTS) is 1. The van der Waals surface area contributed by atoms with Crippen molar-refractivity contribution in [2.75, 3.05) is 5.73 Å². The molecule has 5 nitrogen and oxygen atoms in total. The zero-order valence-corrected chi connectivity index (χ0v) is 17.2. The highest BCUT2D eigenvalue weighted by Crippen LogP contribution is 2.31. The van der Waals surface area contributed by atoms with E-state index < -0.39 is 29.7 Å². The number of carbonyl (C=O) groups is 2. The van der Waals surface area contributed by atoms with Crippen LogP contribution in [0.25, 0.3) is 11.1 Å². The second-order valence-electron chi connectivity index (χ2n) is 7.07. The monoisotopic (exact) mass is 462 g/mol. The van der Waals surface area contributed by atoms with E-state index in [4.69, 9.17) is 17.3 Å². The van der Waals surface area contributed by atoms with Gasteiger partial charge in [-0.25, -0.2) is 4.79 Å². The number of aliphatic carboxylic acids is 1. The Morgan fingerprint density at radius 3 is 2.06 bits per heavy atom. The number of anilines is 1. The van der Waals surface area contributed by atoms with E-state index in [2.05, 4.69) is 5.32 Å². The fourth-order valence-electron chi connectivity index (χ4n) is 3.08. The Morgan fingerprint density at radius 1 is 0.969 bits per heavy atom. The first-order valence-corrected chi connectivity index (χ1v) is 9.77. The number of benzene rings is 3. The lowest BCUT2D eigenvalue weighted by Gasteiger charge is -2.16. The quantitative estimate of drug-likeness (QED) is 0.448. The molecular formula is C23H18ClF3N2O3. The third kappa shape index (κ3) is 5.59. The molecular weight excluding hydrogens is 445 g/mol. The first-order chi connectivity index (χ1) is 15.0. The lowest BCUT2D eigenvalue weighted by atomic mass is 9.99. The summed E-state index contributed by atoms with van der Waals surface area (Å²) < 4.78 is 38.1. The summed E-state index contributed by atoms with van der Waals surface area (Å²) in [5.41, 5.74) is 7.14. The summed E-state index contributed by atoms with van der Waals surface area (Å²) >= 11 is 5.88. The maximum absolute atomic E-state index is 12.7. The van der Waals surface area contributed by atoms with Gasteiger partial charge in [-0.1, -0.05) is 48.0 Å². The number of nitrogen functional groups attached to an aromatic ring is 1. The Labute approximate surface area is 186 Å². The van der Waals surface area contributed by atoms with Gasteiger partial charge in [-0.15, -0.1) is 0 Å². The van der Waals surface area contributed by atoms with Crippen LogP contribution in [0, 0.1) is 0 Å². The molecule has 0 fully saturated rings. The SMILES string of the molecule is Nc1ccc(Cl)cc1C(=O)NC(Cc1ccc(-c2ccc(C(F)(F)F)cc2)cc1)C(=O)O. The standard InChI is InChI=1S/C23H18ClF3N2O3/c24-17-9-10-19(28)18(12-17)21(30)29-20(22(31)32)11-13-1-3-14(4-2-13)15-5-7-16(8-6-15)23(25,26)27/h1-10,12,20H,11,28H2,(H,29,30)(H,31,32). The molecule has 0 saturated carbocycles. The van der Waals surface area contributed by atoms with Crippen LogP contribution in [0.2, 0.25) is 5.02 Å². The Kier molecular flexibility index (Phi) is 6.74. The number of hydrogen-bond donors (Lipinski definition) is 3. The Hall–Kier alpha value is -3.52. The molecule has 0 spiro atoms. The van der Waals surface area contributed by atoms with Gasteiger partial charge in [0.2, 0.25) is 0 Å². The summed E-state index contributed by atoms with van der Waals surface area (Å²) in [4.78, 5) is 24.1. The van der Waals surface area contributed by atoms with Crippen molar-refractivity contribution in [3.8, 4) is 11.1 Å². The molecule has 166 valence electrons. The van der Waals surface area contributed by atoms with Gasteiger partial charge in [-0.2, -0.15) is 13.2 Å². The van der Waals surface area contributed by atoms with Crippen molar-refractivity contribution in [2.45, 2.75) is 18.6 Å². The minimum Gasteiger partial charge on any atom is -0.480 e. The smallest absolute Gasteiger partial charge is 0.416 e. The lowest BCUT2D eigenvalue weighted by Crippen LogP contribution is -2.42. The third-order valence-electron chi connectivity index (χ3n) is 4.80. The van der Waals surface area contributed by atoms with Crippen LogP contribution in [0.5, 0.6) is 0 Å². The van der Waals surface area contributed by atoms with E-state index >= 15 is 0 Å². The van der Waals surface area contributed by atoms with E-state index in [1.54, 1.807) is 24.3 Å². The highest BCUT2D eigenvalue weighted by atomic mass is 35.5. The van der Waals surface area contributed by atoms with Crippen molar-refractivity contribution in [1.82, 2.24) is 5.32 Å². The molecule has 0 aromatic heterocycles. The van der Waals surface area contributed by atoms with Gasteiger partial charge in [0.1, 0.15) is 6.04 Å². The molecule has 9 heteroatoms. The van der Waals surface area contributed by atoms with Crippen LogP contribution in [-0.2, 0) is 17.4 Å². The molecule has 0 bridgehead atoms. The summed E-state index contributed by atoms with van der Waals surface area (Å²) in [5, 5.41) is 12.2. The average Bonchev–Trinajstić information content (AvgIpc) is 2.75. The second-order valence-corrected chi connectivity index (χ2v) is 7.51. The minimum absolute atomic E-state index is 0.00512. The minimum atomic E-state index is -4.41. The zero-order chi connectivity index (χ0) is 23.5. The predicted octanol–water partition coefficient (Wildman–Crippen LogP) is 5.03. The molecule has 3 aromatic carbocycles. The number of nitrogens with one attached hydrogen (secondary N) is 1. The van der Waals surface area contributed by atoms with E-state index in [9.17, 15) is 27.9 Å². The zero-order valence-electron chi connectivity index (χ0n) is 16.5. The fraction of sp³-hybridized carbons (Fsp3) is 0.130. The number of hydrogen-bond acceptors (Lipinski definition) is 3. The van der Waals surface area contributed by atoms with Crippen LogP contribution in [0.4, 0.5) is 18.9 Å². The van der Waals surface area contributed by atoms with Crippen LogP contribution >= 0.6 is 11.6 Å². The molecule has 32 heavy (non-hydrogen) atoms. The normalized spacial score (nSPS) is 12.2. The van der Waals surface area contributed by atoms with Gasteiger partial charge in [0.25, 0.3) is 5.91 Å². The van der Waals surface area contributed by atoms with Crippen molar-refractivity contribution < 1.29 is 27.9 Å². The molecule has 0 aliphatic rings. The highest BCUT2D eigenvalue weighted by Gasteiger charge is 2.30. The molecule has 0 aliphatic heterocycles. The fourth-order valence-corrected chi connectivity index (χ4v) is 3.25. The van der Waals surface area contributed by atoms with Crippen molar-refractivity contribution in [3.63, 3.8) is 0 Å². The summed E-state index contributed by atoms with van der Waals surface area (Å²) in [6.45, 7) is 0. The molecule has 3 rings (SSSR count). The molecule has 3 aromatic rings. The van der Waals surface area contributed by atoms with Gasteiger partial charge in [-0.3, -0.25) is 4.79 Å². The highest BCUT2D eigenvalue weighted by molar-refractivity contribution is 6.31. The van der Waals surface area contributed by atoms with Crippen molar-refractivity contribution in [2.24, 2.45) is 0 Å². The van der Waals surface area contributed by atoms with E-state index in [0.717, 1.165) is 12.1 Å². The van der Waals surface area contributed by atoms with E-state index in [1.807, 2.05) is 0 Å². The molecule has 1 amide bonds. The lowest BCUT2D eigenvalue weighted by molar-refractivity contribution is -0.139. The summed E-state index contributed by atoms with van der Waals surface area (Å²) in [6, 6.07) is 14.5. The van der Waals surface area contributed by atoms with Gasteiger partial charge in [0, 0.05) is 17.1 Å². The van der Waals surface area contributed by atoms with Gasteiger partial charge in [-0.05, 0) is 47.0 Å². The molecule has 0 heterocycles. The molecule has 0 radical (unpaired) electrons. The summed E-state index contributed by atoms with van der Waals surface area (Å²) in [7, 11) is 0. The molecule has 4 N–H and O–H groups in total. The number of carbonyl (C=O) groups excluding carboxylic acids is 1. The number of halogens is 4. The van der Waals surface area contributed by atoms with E-state index in [-0.39, 0.29) is 22.7 Å². The number of carboxylic acids is 1. The number of nitrogens with two attached hydrogens (primary N) is 1. The van der Waals surface area contributed by atoms with E-state index in [0.29, 0.717) is 16.7 Å². The van der Waals surface area contributed by atoms with E-state index in [1.165, 1.54) is 30.3 Å². The topological polar surface area (TPSA) is 92.4 Å². The first-order valence-electron chi connectivity index (χ1n) is 9.40. The largest absolute Gasteiger partial charge is 0.480 e. The van der Waals surface area contributed by atoms with Crippen LogP contribution in [0.3, 0.4) is 0 Å². The Bertz CT molecular complexity index is 1130. The maximum Gasteiger partial charge on any atom is 0.416 e. The van der Waals surface area contributed by atoms with Crippen LogP contribution in [-0.4, -0.2) is 23.0 Å². The van der Waals surface area contributed by atoms with Crippen LogP contribution in [0.15, 0.2) is 66.7 Å². The number of rotatable bonds is 6. The van der Waals surface area contributed by atoms with Gasteiger partial charge in [0.05, 0.1) is 11.1 Å². The average molecular weight is 463 g/mol. The molecule has 1 atom stereocenters. The van der Waals surface area contributed by atoms with Gasteiger partial charge >= 0.3 is 12.1 Å². The van der Waals surface area contributed by atoms with Crippen molar-refractivity contribution in [1.29, 1.82) is 0 Å². The Balaban J connectivity index is 1.72. The predicted molar refractivity (Wildman–Crippen MR) is 115 cm³/mol. The van der Waals surface area contributed by atoms with Gasteiger partial charge < -0.3 is 16.2 Å². The summed E-state index contributed by atoms with van der Waals surface area (Å²) in [5.74, 6) is -1.90.